The third-order valence-corrected chi connectivity index (χ3v) is 5.13. The van der Waals surface area contributed by atoms with Gasteiger partial charge in [0.05, 0.1) is 5.60 Å². The number of rotatable bonds is 5. The zero-order chi connectivity index (χ0) is 15.8. The van der Waals surface area contributed by atoms with Gasteiger partial charge in [0, 0.05) is 18.6 Å². The number of amides is 1. The van der Waals surface area contributed by atoms with E-state index in [0.717, 1.165) is 6.42 Å². The lowest BCUT2D eigenvalue weighted by Gasteiger charge is -2.59. The number of carbonyl (C=O) groups excluding carboxylic acids is 1. The molecule has 0 heterocycles. The van der Waals surface area contributed by atoms with Gasteiger partial charge in [0.2, 0.25) is 5.91 Å². The average molecular weight is 294 g/mol. The zero-order valence-corrected chi connectivity index (χ0v) is 12.9. The third-order valence-electron chi connectivity index (χ3n) is 5.13. The summed E-state index contributed by atoms with van der Waals surface area (Å²) in [5, 5.41) is 3.29. The Morgan fingerprint density at radius 1 is 1.38 bits per heavy atom. The number of ether oxygens (including phenoxy) is 1. The van der Waals surface area contributed by atoms with E-state index in [0.29, 0.717) is 5.56 Å². The lowest BCUT2D eigenvalue weighted by atomic mass is 9.55. The summed E-state index contributed by atoms with van der Waals surface area (Å²) in [7, 11) is 1.70. The second kappa shape index (κ2) is 5.39. The highest BCUT2D eigenvalue weighted by atomic mass is 19.1. The number of primary amides is 1. The van der Waals surface area contributed by atoms with Crippen molar-refractivity contribution in [3.8, 4) is 0 Å². The van der Waals surface area contributed by atoms with Crippen LogP contribution in [0, 0.1) is 11.2 Å². The van der Waals surface area contributed by atoms with Gasteiger partial charge in [0.15, 0.2) is 0 Å². The minimum atomic E-state index is -0.628. The molecule has 116 valence electrons. The Hall–Kier alpha value is -1.46. The first kappa shape index (κ1) is 15.9. The van der Waals surface area contributed by atoms with Crippen LogP contribution < -0.4 is 11.1 Å². The number of carbonyl (C=O) groups is 1. The predicted molar refractivity (Wildman–Crippen MR) is 79.1 cm³/mol. The number of hydrogen-bond donors (Lipinski definition) is 2. The average Bonchev–Trinajstić information content (AvgIpc) is 2.43. The lowest BCUT2D eigenvalue weighted by Crippen LogP contribution is -2.68. The minimum Gasteiger partial charge on any atom is -0.378 e. The summed E-state index contributed by atoms with van der Waals surface area (Å²) in [5.41, 5.74) is 5.81. The van der Waals surface area contributed by atoms with E-state index in [1.807, 2.05) is 0 Å². The van der Waals surface area contributed by atoms with Crippen molar-refractivity contribution >= 4 is 5.91 Å². The summed E-state index contributed by atoms with van der Waals surface area (Å²) < 4.78 is 18.6. The Bertz CT molecular complexity index is 530. The summed E-state index contributed by atoms with van der Waals surface area (Å²) in [5.74, 6) is -0.804. The highest BCUT2D eigenvalue weighted by Gasteiger charge is 2.58. The predicted octanol–water partition coefficient (Wildman–Crippen LogP) is 2.15. The fourth-order valence-corrected chi connectivity index (χ4v) is 2.96. The van der Waals surface area contributed by atoms with Crippen molar-refractivity contribution in [3.63, 3.8) is 0 Å². The Labute approximate surface area is 124 Å². The van der Waals surface area contributed by atoms with Gasteiger partial charge in [-0.3, -0.25) is 10.1 Å². The minimum absolute atomic E-state index is 0.102. The Morgan fingerprint density at radius 2 is 1.95 bits per heavy atom. The standard InChI is InChI=1S/C16H23FN2O2/c1-15(2)12(9-16(15,3)21-4)19-13(14(18)20)10-5-7-11(17)8-6-10/h5-8,12-13,19H,9H2,1-4H3,(H2,18,20)/t12-,13-,16-/m1/s1. The van der Waals surface area contributed by atoms with Crippen LogP contribution in [0.15, 0.2) is 24.3 Å². The van der Waals surface area contributed by atoms with Crippen molar-refractivity contribution in [1.82, 2.24) is 5.32 Å². The highest BCUT2D eigenvalue weighted by Crippen LogP contribution is 2.52. The van der Waals surface area contributed by atoms with E-state index in [1.54, 1.807) is 19.2 Å². The normalized spacial score (nSPS) is 28.7. The van der Waals surface area contributed by atoms with Gasteiger partial charge in [0.1, 0.15) is 11.9 Å². The molecule has 1 aliphatic rings. The molecule has 0 bridgehead atoms. The van der Waals surface area contributed by atoms with Gasteiger partial charge in [-0.05, 0) is 31.0 Å². The molecule has 0 spiro atoms. The number of nitrogens with one attached hydrogen (secondary N) is 1. The lowest BCUT2D eigenvalue weighted by molar-refractivity contribution is -0.183. The molecule has 1 aromatic rings. The Kier molecular flexibility index (Phi) is 4.08. The van der Waals surface area contributed by atoms with E-state index >= 15 is 0 Å². The number of hydrogen-bond acceptors (Lipinski definition) is 3. The molecule has 1 aromatic carbocycles. The van der Waals surface area contributed by atoms with Crippen molar-refractivity contribution in [2.45, 2.75) is 44.9 Å². The SMILES string of the molecule is CO[C@]1(C)C[C@@H](N[C@@H](C(N)=O)c2ccc(F)cc2)C1(C)C. The van der Waals surface area contributed by atoms with Crippen LogP contribution in [0.4, 0.5) is 4.39 Å². The molecule has 1 amide bonds. The van der Waals surface area contributed by atoms with E-state index in [2.05, 4.69) is 26.1 Å². The molecule has 0 saturated heterocycles. The Morgan fingerprint density at radius 3 is 2.38 bits per heavy atom. The van der Waals surface area contributed by atoms with E-state index < -0.39 is 11.9 Å². The molecule has 0 radical (unpaired) electrons. The quantitative estimate of drug-likeness (QED) is 0.874. The second-order valence-corrected chi connectivity index (χ2v) is 6.47. The van der Waals surface area contributed by atoms with Crippen LogP contribution in [0.3, 0.4) is 0 Å². The molecule has 1 fully saturated rings. The molecule has 0 unspecified atom stereocenters. The fourth-order valence-electron chi connectivity index (χ4n) is 2.96. The maximum Gasteiger partial charge on any atom is 0.239 e. The van der Waals surface area contributed by atoms with Gasteiger partial charge in [-0.25, -0.2) is 4.39 Å². The molecule has 21 heavy (non-hydrogen) atoms. The van der Waals surface area contributed by atoms with Crippen LogP contribution in [-0.2, 0) is 9.53 Å². The molecule has 0 aromatic heterocycles. The van der Waals surface area contributed by atoms with Crippen LogP contribution in [-0.4, -0.2) is 24.7 Å². The van der Waals surface area contributed by atoms with Crippen LogP contribution in [0.5, 0.6) is 0 Å². The second-order valence-electron chi connectivity index (χ2n) is 6.47. The van der Waals surface area contributed by atoms with Gasteiger partial charge in [-0.2, -0.15) is 0 Å². The maximum atomic E-state index is 13.0. The van der Waals surface area contributed by atoms with Gasteiger partial charge in [-0.15, -0.1) is 0 Å². The van der Waals surface area contributed by atoms with Crippen molar-refractivity contribution in [1.29, 1.82) is 0 Å². The van der Waals surface area contributed by atoms with Crippen molar-refractivity contribution in [3.05, 3.63) is 35.6 Å². The van der Waals surface area contributed by atoms with Crippen LogP contribution >= 0.6 is 0 Å². The molecule has 3 N–H and O–H groups in total. The van der Waals surface area contributed by atoms with E-state index in [1.165, 1.54) is 12.1 Å². The van der Waals surface area contributed by atoms with Crippen LogP contribution in [0.2, 0.25) is 0 Å². The van der Waals surface area contributed by atoms with Crippen molar-refractivity contribution in [2.75, 3.05) is 7.11 Å². The van der Waals surface area contributed by atoms with Gasteiger partial charge in [-0.1, -0.05) is 26.0 Å². The number of benzene rings is 1. The molecule has 1 aliphatic carbocycles. The summed E-state index contributed by atoms with van der Waals surface area (Å²) in [4.78, 5) is 11.7. The molecular weight excluding hydrogens is 271 g/mol. The third kappa shape index (κ3) is 2.68. The molecule has 4 nitrogen and oxygen atoms in total. The molecule has 2 rings (SSSR count). The van der Waals surface area contributed by atoms with E-state index in [9.17, 15) is 9.18 Å². The molecule has 1 saturated carbocycles. The number of methoxy groups -OCH3 is 1. The van der Waals surface area contributed by atoms with E-state index in [4.69, 9.17) is 10.5 Å². The Balaban J connectivity index is 2.16. The number of nitrogens with two attached hydrogens (primary N) is 1. The summed E-state index contributed by atoms with van der Waals surface area (Å²) in [6, 6.07) is 5.30. The molecule has 0 aliphatic heterocycles. The largest absolute Gasteiger partial charge is 0.378 e. The van der Waals surface area contributed by atoms with Crippen molar-refractivity contribution < 1.29 is 13.9 Å². The summed E-state index contributed by atoms with van der Waals surface area (Å²) >= 11 is 0. The number of halogens is 1. The van der Waals surface area contributed by atoms with Crippen LogP contribution in [0.1, 0.15) is 38.8 Å². The van der Waals surface area contributed by atoms with E-state index in [-0.39, 0.29) is 22.9 Å². The first-order valence-corrected chi connectivity index (χ1v) is 7.07. The van der Waals surface area contributed by atoms with Gasteiger partial charge >= 0.3 is 0 Å². The van der Waals surface area contributed by atoms with Gasteiger partial charge < -0.3 is 10.5 Å². The van der Waals surface area contributed by atoms with Crippen LogP contribution in [0.25, 0.3) is 0 Å². The molecular formula is C16H23FN2O2. The monoisotopic (exact) mass is 294 g/mol. The highest BCUT2D eigenvalue weighted by molar-refractivity contribution is 5.81. The topological polar surface area (TPSA) is 64.3 Å². The fraction of sp³-hybridized carbons (Fsp3) is 0.562. The first-order chi connectivity index (χ1) is 9.71. The maximum absolute atomic E-state index is 13.0. The molecule has 3 atom stereocenters. The zero-order valence-electron chi connectivity index (χ0n) is 12.9. The first-order valence-electron chi connectivity index (χ1n) is 7.07. The van der Waals surface area contributed by atoms with Gasteiger partial charge in [0.25, 0.3) is 0 Å². The smallest absolute Gasteiger partial charge is 0.239 e. The summed E-state index contributed by atoms with van der Waals surface area (Å²) in [6.07, 6.45) is 0.793. The molecule has 5 heteroatoms. The summed E-state index contributed by atoms with van der Waals surface area (Å²) in [6.45, 7) is 6.25. The van der Waals surface area contributed by atoms with Crippen molar-refractivity contribution in [2.24, 2.45) is 11.1 Å².